The molecule has 0 saturated carbocycles. The maximum Gasteiger partial charge on any atom is 0.410 e. The van der Waals surface area contributed by atoms with E-state index < -0.39 is 17.3 Å². The minimum atomic E-state index is -1.19. The maximum absolute atomic E-state index is 13.1. The van der Waals surface area contributed by atoms with Gasteiger partial charge in [-0.25, -0.2) is 4.79 Å². The zero-order valence-corrected chi connectivity index (χ0v) is 16.6. The number of carbonyl (C=O) groups excluding carboxylic acids is 2. The van der Waals surface area contributed by atoms with Crippen LogP contribution in [0.5, 0.6) is 0 Å². The Kier molecular flexibility index (Phi) is 5.47. The minimum Gasteiger partial charge on any atom is -0.444 e. The predicted octanol–water partition coefficient (Wildman–Crippen LogP) is 2.79. The molecule has 1 atom stereocenters. The number of amides is 1. The second-order valence-corrected chi connectivity index (χ2v) is 7.68. The van der Waals surface area contributed by atoms with Gasteiger partial charge in [-0.15, -0.1) is 0 Å². The van der Waals surface area contributed by atoms with E-state index in [0.717, 1.165) is 11.3 Å². The molecule has 0 saturated heterocycles. The normalized spacial score (nSPS) is 19.9. The second kappa shape index (κ2) is 7.11. The molecule has 1 aliphatic rings. The summed E-state index contributed by atoms with van der Waals surface area (Å²) in [5, 5.41) is 0. The van der Waals surface area contributed by atoms with Gasteiger partial charge >= 0.3 is 6.09 Å². The number of rotatable bonds is 5. The Bertz CT molecular complexity index is 719. The highest BCUT2D eigenvalue weighted by atomic mass is 16.6. The number of benzene rings is 1. The summed E-state index contributed by atoms with van der Waals surface area (Å²) in [5.41, 5.74) is 0.417. The van der Waals surface area contributed by atoms with Crippen LogP contribution in [-0.2, 0) is 14.3 Å². The zero-order chi connectivity index (χ0) is 19.7. The number of ketones is 1. The van der Waals surface area contributed by atoms with E-state index in [1.54, 1.807) is 27.8 Å². The van der Waals surface area contributed by atoms with Crippen molar-refractivity contribution in [2.45, 2.75) is 32.0 Å². The maximum atomic E-state index is 13.1. The van der Waals surface area contributed by atoms with Gasteiger partial charge in [-0.2, -0.15) is 0 Å². The van der Waals surface area contributed by atoms with Crippen LogP contribution in [0.1, 0.15) is 26.3 Å². The van der Waals surface area contributed by atoms with E-state index in [9.17, 15) is 9.59 Å². The molecule has 1 amide bonds. The van der Waals surface area contributed by atoms with Crippen LogP contribution in [-0.4, -0.2) is 67.7 Å². The van der Waals surface area contributed by atoms with Crippen LogP contribution < -0.4 is 0 Å². The van der Waals surface area contributed by atoms with Gasteiger partial charge in [0.1, 0.15) is 5.60 Å². The average Bonchev–Trinajstić information content (AvgIpc) is 2.55. The van der Waals surface area contributed by atoms with Crippen molar-refractivity contribution in [3.05, 3.63) is 41.6 Å². The number of ether oxygens (including phenoxy) is 2. The number of methoxy groups -OCH3 is 1. The van der Waals surface area contributed by atoms with Gasteiger partial charge in [-0.3, -0.25) is 4.79 Å². The Morgan fingerprint density at radius 2 is 1.69 bits per heavy atom. The zero-order valence-electron chi connectivity index (χ0n) is 16.6. The third-order valence-electron chi connectivity index (χ3n) is 4.24. The Labute approximate surface area is 155 Å². The molecule has 0 aliphatic heterocycles. The standard InChI is InChI=1S/C20H28N2O4/c1-19(2,3)26-18(24)22(6)13-20(25-7)16(21(4)5)15(17(20)23)14-11-9-8-10-12-14/h8-12H,13H2,1-7H3. The molecule has 0 heterocycles. The summed E-state index contributed by atoms with van der Waals surface area (Å²) in [6.07, 6.45) is -0.493. The molecule has 26 heavy (non-hydrogen) atoms. The molecule has 0 spiro atoms. The molecule has 6 nitrogen and oxygen atoms in total. The summed E-state index contributed by atoms with van der Waals surface area (Å²) < 4.78 is 11.1. The van der Waals surface area contributed by atoms with Gasteiger partial charge in [-0.1, -0.05) is 30.3 Å². The van der Waals surface area contributed by atoms with Gasteiger partial charge < -0.3 is 19.3 Å². The van der Waals surface area contributed by atoms with Crippen molar-refractivity contribution >= 4 is 17.4 Å². The van der Waals surface area contributed by atoms with Crippen molar-refractivity contribution in [1.29, 1.82) is 0 Å². The van der Waals surface area contributed by atoms with Crippen LogP contribution in [0.25, 0.3) is 5.57 Å². The largest absolute Gasteiger partial charge is 0.444 e. The van der Waals surface area contributed by atoms with Crippen LogP contribution in [0.2, 0.25) is 0 Å². The summed E-state index contributed by atoms with van der Waals surface area (Å²) in [5.74, 6) is -0.134. The van der Waals surface area contributed by atoms with Crippen LogP contribution in [0.4, 0.5) is 4.79 Å². The molecule has 2 rings (SSSR count). The molecule has 6 heteroatoms. The van der Waals surface area contributed by atoms with Crippen LogP contribution in [0.15, 0.2) is 36.0 Å². The Morgan fingerprint density at radius 3 is 2.15 bits per heavy atom. The first-order chi connectivity index (χ1) is 12.0. The van der Waals surface area contributed by atoms with Gasteiger partial charge in [0, 0.05) is 28.3 Å². The molecule has 142 valence electrons. The van der Waals surface area contributed by atoms with E-state index in [1.165, 1.54) is 12.0 Å². The second-order valence-electron chi connectivity index (χ2n) is 7.68. The predicted molar refractivity (Wildman–Crippen MR) is 101 cm³/mol. The van der Waals surface area contributed by atoms with E-state index in [2.05, 4.69) is 0 Å². The summed E-state index contributed by atoms with van der Waals surface area (Å²) in [7, 11) is 6.83. The number of hydrogen-bond acceptors (Lipinski definition) is 5. The molecule has 0 radical (unpaired) electrons. The highest BCUT2D eigenvalue weighted by Crippen LogP contribution is 2.44. The van der Waals surface area contributed by atoms with Crippen LogP contribution in [0, 0.1) is 0 Å². The molecule has 0 N–H and O–H groups in total. The van der Waals surface area contributed by atoms with E-state index >= 15 is 0 Å². The summed E-state index contributed by atoms with van der Waals surface area (Å²) in [4.78, 5) is 28.7. The number of nitrogens with zero attached hydrogens (tertiary/aromatic N) is 2. The van der Waals surface area contributed by atoms with Crippen LogP contribution in [0.3, 0.4) is 0 Å². The Hall–Kier alpha value is -2.34. The van der Waals surface area contributed by atoms with Gasteiger partial charge in [-0.05, 0) is 26.3 Å². The average molecular weight is 360 g/mol. The summed E-state index contributed by atoms with van der Waals surface area (Å²) in [6, 6.07) is 9.48. The highest BCUT2D eigenvalue weighted by Gasteiger charge is 2.57. The minimum absolute atomic E-state index is 0.0844. The monoisotopic (exact) mass is 360 g/mol. The highest BCUT2D eigenvalue weighted by molar-refractivity contribution is 6.34. The third kappa shape index (κ3) is 3.60. The van der Waals surface area contributed by atoms with Gasteiger partial charge in [0.05, 0.1) is 17.8 Å². The number of likely N-dealkylation sites (N-methyl/N-ethyl adjacent to an activating group) is 2. The lowest BCUT2D eigenvalue weighted by Crippen LogP contribution is -2.61. The lowest BCUT2D eigenvalue weighted by Gasteiger charge is -2.47. The van der Waals surface area contributed by atoms with Crippen molar-refractivity contribution in [1.82, 2.24) is 9.80 Å². The Balaban J connectivity index is 2.37. The van der Waals surface area contributed by atoms with Crippen LogP contribution >= 0.6 is 0 Å². The van der Waals surface area contributed by atoms with E-state index in [0.29, 0.717) is 5.57 Å². The smallest absolute Gasteiger partial charge is 0.410 e. The molecule has 1 aromatic carbocycles. The number of Topliss-reactive ketones (excluding diaryl/α,β-unsaturated/α-hetero) is 1. The topological polar surface area (TPSA) is 59.1 Å². The van der Waals surface area contributed by atoms with Crippen molar-refractivity contribution < 1.29 is 19.1 Å². The molecule has 1 aromatic rings. The quantitative estimate of drug-likeness (QED) is 0.808. The molecule has 1 aliphatic carbocycles. The van der Waals surface area contributed by atoms with E-state index in [1.807, 2.05) is 49.3 Å². The van der Waals surface area contributed by atoms with Crippen molar-refractivity contribution in [3.63, 3.8) is 0 Å². The molecular weight excluding hydrogens is 332 g/mol. The van der Waals surface area contributed by atoms with E-state index in [4.69, 9.17) is 9.47 Å². The van der Waals surface area contributed by atoms with Crippen molar-refractivity contribution in [3.8, 4) is 0 Å². The first kappa shape index (κ1) is 20.0. The van der Waals surface area contributed by atoms with Crippen molar-refractivity contribution in [2.75, 3.05) is 34.8 Å². The van der Waals surface area contributed by atoms with E-state index in [-0.39, 0.29) is 12.3 Å². The molecule has 0 aromatic heterocycles. The molecule has 0 fully saturated rings. The fourth-order valence-corrected chi connectivity index (χ4v) is 3.15. The van der Waals surface area contributed by atoms with Gasteiger partial charge in [0.25, 0.3) is 0 Å². The van der Waals surface area contributed by atoms with Gasteiger partial charge in [0.2, 0.25) is 5.78 Å². The lowest BCUT2D eigenvalue weighted by molar-refractivity contribution is -0.138. The number of carbonyl (C=O) groups is 2. The third-order valence-corrected chi connectivity index (χ3v) is 4.24. The SMILES string of the molecule is COC1(CN(C)C(=O)OC(C)(C)C)C(=O)C(c2ccccc2)=C1N(C)C. The molecular formula is C20H28N2O4. The first-order valence-electron chi connectivity index (χ1n) is 8.55. The van der Waals surface area contributed by atoms with Crippen molar-refractivity contribution in [2.24, 2.45) is 0 Å². The number of hydrogen-bond donors (Lipinski definition) is 0. The lowest BCUT2D eigenvalue weighted by atomic mass is 9.72. The van der Waals surface area contributed by atoms with Gasteiger partial charge in [0.15, 0.2) is 5.60 Å². The fourth-order valence-electron chi connectivity index (χ4n) is 3.15. The fraction of sp³-hybridized carbons (Fsp3) is 0.500. The molecule has 1 unspecified atom stereocenters. The summed E-state index contributed by atoms with van der Waals surface area (Å²) in [6.45, 7) is 5.50. The Morgan fingerprint density at radius 1 is 1.12 bits per heavy atom. The summed E-state index contributed by atoms with van der Waals surface area (Å²) >= 11 is 0. The first-order valence-corrected chi connectivity index (χ1v) is 8.55. The molecule has 0 bridgehead atoms.